The molecule has 0 aliphatic heterocycles. The zero-order valence-electron chi connectivity index (χ0n) is 15.0. The monoisotopic (exact) mass is 340 g/mol. The summed E-state index contributed by atoms with van der Waals surface area (Å²) in [4.78, 5) is 23.0. The number of Topliss-reactive ketones (excluding diaryl/α,β-unsaturated/α-hetero) is 1. The summed E-state index contributed by atoms with van der Waals surface area (Å²) in [6.45, 7) is 5.74. The minimum atomic E-state index is -1.38. The van der Waals surface area contributed by atoms with Gasteiger partial charge in [-0.05, 0) is 18.8 Å². The minimum Gasteiger partial charge on any atom is -0.417 e. The summed E-state index contributed by atoms with van der Waals surface area (Å²) in [7, 11) is 1.99. The molecule has 0 aromatic rings. The lowest BCUT2D eigenvalue weighted by Gasteiger charge is -2.29. The van der Waals surface area contributed by atoms with Crippen LogP contribution in [-0.2, 0) is 9.45 Å². The van der Waals surface area contributed by atoms with E-state index >= 15 is 0 Å². The first kappa shape index (κ1) is 23.1. The van der Waals surface area contributed by atoms with Crippen LogP contribution in [0.1, 0.15) is 65.7 Å². The van der Waals surface area contributed by atoms with Crippen molar-refractivity contribution in [3.05, 3.63) is 0 Å². The van der Waals surface area contributed by atoms with Gasteiger partial charge in [0.05, 0.1) is 6.61 Å². The zero-order valence-corrected chi connectivity index (χ0v) is 15.0. The molecule has 4 N–H and O–H groups in total. The standard InChI is InChI=1S/C15H30B2N2O5/c1-4-7-8-9-12(5-2)10-15(22,6-3)13(20)11-24-17-19-16-14(21)18-23/h12,19,22-23H,4-11H2,1-3H3,(H,18,21). The molecular weight excluding hydrogens is 310 g/mol. The fraction of sp³-hybridized carbons (Fsp3) is 0.867. The first-order chi connectivity index (χ1) is 11.4. The zero-order chi connectivity index (χ0) is 18.4. The quantitative estimate of drug-likeness (QED) is 0.156. The molecule has 24 heavy (non-hydrogen) atoms. The maximum atomic E-state index is 12.3. The van der Waals surface area contributed by atoms with Crippen LogP contribution in [0.3, 0.4) is 0 Å². The summed E-state index contributed by atoms with van der Waals surface area (Å²) in [5, 5.41) is 21.3. The maximum absolute atomic E-state index is 12.3. The highest BCUT2D eigenvalue weighted by molar-refractivity contribution is 6.75. The minimum absolute atomic E-state index is 0.280. The molecule has 0 spiro atoms. The highest BCUT2D eigenvalue weighted by atomic mass is 16.5. The van der Waals surface area contributed by atoms with E-state index in [1.807, 2.05) is 0 Å². The number of hydrogen-bond acceptors (Lipinski definition) is 6. The predicted octanol–water partition coefficient (Wildman–Crippen LogP) is 1.55. The van der Waals surface area contributed by atoms with Crippen molar-refractivity contribution < 1.29 is 24.6 Å². The molecular formula is C15H30B2N2O5. The Bertz CT molecular complexity index is 374. The third kappa shape index (κ3) is 9.42. The van der Waals surface area contributed by atoms with Gasteiger partial charge in [0.2, 0.25) is 5.81 Å². The summed E-state index contributed by atoms with van der Waals surface area (Å²) in [6.07, 6.45) is 6.15. The summed E-state index contributed by atoms with van der Waals surface area (Å²) < 4.78 is 5.01. The van der Waals surface area contributed by atoms with Gasteiger partial charge < -0.3 is 14.9 Å². The van der Waals surface area contributed by atoms with Crippen LogP contribution in [0.2, 0.25) is 0 Å². The van der Waals surface area contributed by atoms with Gasteiger partial charge in [0.1, 0.15) is 5.60 Å². The number of nitrogens with one attached hydrogen (secondary N) is 2. The van der Waals surface area contributed by atoms with Crippen LogP contribution in [0.4, 0.5) is 4.79 Å². The van der Waals surface area contributed by atoms with Crippen molar-refractivity contribution in [2.24, 2.45) is 5.92 Å². The normalized spacial score (nSPS) is 14.5. The smallest absolute Gasteiger partial charge is 0.383 e. The summed E-state index contributed by atoms with van der Waals surface area (Å²) >= 11 is 0. The Morgan fingerprint density at radius 1 is 1.25 bits per heavy atom. The lowest BCUT2D eigenvalue weighted by Crippen LogP contribution is -2.44. The number of amides is 1. The Labute approximate surface area is 146 Å². The van der Waals surface area contributed by atoms with Crippen LogP contribution in [0.25, 0.3) is 0 Å². The third-order valence-corrected chi connectivity index (χ3v) is 4.21. The van der Waals surface area contributed by atoms with Crippen LogP contribution in [-0.4, -0.2) is 49.1 Å². The fourth-order valence-corrected chi connectivity index (χ4v) is 2.51. The van der Waals surface area contributed by atoms with Gasteiger partial charge in [-0.1, -0.05) is 52.9 Å². The molecule has 7 nitrogen and oxygen atoms in total. The summed E-state index contributed by atoms with van der Waals surface area (Å²) in [5.74, 6) is -0.804. The van der Waals surface area contributed by atoms with E-state index in [-0.39, 0.29) is 12.4 Å². The van der Waals surface area contributed by atoms with E-state index < -0.39 is 11.4 Å². The number of carbonyl (C=O) groups is 2. The molecule has 0 fully saturated rings. The summed E-state index contributed by atoms with van der Waals surface area (Å²) in [6, 6.07) is 0. The Morgan fingerprint density at radius 3 is 2.50 bits per heavy atom. The van der Waals surface area contributed by atoms with Crippen molar-refractivity contribution >= 4 is 26.6 Å². The van der Waals surface area contributed by atoms with Gasteiger partial charge in [-0.3, -0.25) is 14.8 Å². The largest absolute Gasteiger partial charge is 0.417 e. The lowest BCUT2D eigenvalue weighted by molar-refractivity contribution is -0.142. The molecule has 0 saturated carbocycles. The van der Waals surface area contributed by atoms with E-state index in [1.54, 1.807) is 6.92 Å². The Morgan fingerprint density at radius 2 is 1.96 bits per heavy atom. The van der Waals surface area contributed by atoms with E-state index in [2.05, 4.69) is 19.0 Å². The lowest BCUT2D eigenvalue weighted by atomic mass is 9.81. The van der Waals surface area contributed by atoms with Gasteiger partial charge >= 0.3 is 15.0 Å². The van der Waals surface area contributed by atoms with Crippen molar-refractivity contribution in [2.75, 3.05) is 6.61 Å². The SMILES string of the molecule is CCCCCC(CC)CC(O)(CC)C(=O)CO[B]N[B]C(=O)NO. The molecule has 0 rings (SSSR count). The van der Waals surface area contributed by atoms with Gasteiger partial charge in [-0.15, -0.1) is 0 Å². The van der Waals surface area contributed by atoms with E-state index in [0.717, 1.165) is 47.1 Å². The van der Waals surface area contributed by atoms with Crippen molar-refractivity contribution in [1.29, 1.82) is 0 Å². The van der Waals surface area contributed by atoms with Gasteiger partial charge in [0.15, 0.2) is 5.78 Å². The second-order valence-electron chi connectivity index (χ2n) is 6.00. The van der Waals surface area contributed by atoms with Gasteiger partial charge in [0.25, 0.3) is 0 Å². The number of hydroxylamine groups is 1. The van der Waals surface area contributed by atoms with Crippen molar-refractivity contribution in [1.82, 2.24) is 10.6 Å². The van der Waals surface area contributed by atoms with E-state index in [1.165, 1.54) is 5.48 Å². The Kier molecular flexibility index (Phi) is 12.9. The van der Waals surface area contributed by atoms with Gasteiger partial charge in [-0.2, -0.15) is 0 Å². The van der Waals surface area contributed by atoms with E-state index in [4.69, 9.17) is 9.86 Å². The molecule has 0 heterocycles. The molecule has 2 radical (unpaired) electrons. The maximum Gasteiger partial charge on any atom is 0.383 e. The molecule has 0 aromatic heterocycles. The molecule has 0 aromatic carbocycles. The second-order valence-corrected chi connectivity index (χ2v) is 6.00. The van der Waals surface area contributed by atoms with E-state index in [9.17, 15) is 14.7 Å². The molecule has 9 heteroatoms. The molecule has 0 aliphatic carbocycles. The topological polar surface area (TPSA) is 108 Å². The predicted molar refractivity (Wildman–Crippen MR) is 93.7 cm³/mol. The van der Waals surface area contributed by atoms with Crippen LogP contribution < -0.4 is 10.6 Å². The van der Waals surface area contributed by atoms with Crippen molar-refractivity contribution in [3.63, 3.8) is 0 Å². The van der Waals surface area contributed by atoms with E-state index in [0.29, 0.717) is 18.8 Å². The molecule has 2 unspecified atom stereocenters. The highest BCUT2D eigenvalue weighted by Crippen LogP contribution is 2.27. The van der Waals surface area contributed by atoms with Crippen LogP contribution in [0, 0.1) is 5.92 Å². The average Bonchev–Trinajstić information content (AvgIpc) is 2.59. The van der Waals surface area contributed by atoms with Gasteiger partial charge in [-0.25, -0.2) is 5.48 Å². The number of ketones is 1. The Balaban J connectivity index is 4.29. The third-order valence-electron chi connectivity index (χ3n) is 4.21. The van der Waals surface area contributed by atoms with Crippen molar-refractivity contribution in [3.8, 4) is 0 Å². The average molecular weight is 340 g/mol. The van der Waals surface area contributed by atoms with Crippen LogP contribution in [0.15, 0.2) is 0 Å². The van der Waals surface area contributed by atoms with Gasteiger partial charge in [0, 0.05) is 0 Å². The molecule has 0 bridgehead atoms. The number of rotatable bonds is 15. The fourth-order valence-electron chi connectivity index (χ4n) is 2.51. The summed E-state index contributed by atoms with van der Waals surface area (Å²) in [5.41, 5.74) is 0.0254. The molecule has 0 aliphatic rings. The van der Waals surface area contributed by atoms with Crippen LogP contribution in [0.5, 0.6) is 0 Å². The molecule has 2 atom stereocenters. The molecule has 0 saturated heterocycles. The van der Waals surface area contributed by atoms with Crippen LogP contribution >= 0.6 is 0 Å². The number of aliphatic hydroxyl groups is 1. The highest BCUT2D eigenvalue weighted by Gasteiger charge is 2.35. The molecule has 136 valence electrons. The number of hydrogen-bond donors (Lipinski definition) is 4. The molecule has 1 amide bonds. The van der Waals surface area contributed by atoms with Crippen molar-refractivity contribution in [2.45, 2.75) is 71.3 Å². The first-order valence-electron chi connectivity index (χ1n) is 8.65. The Hall–Kier alpha value is -0.890. The number of carbonyl (C=O) groups excluding carboxylic acids is 2. The number of unbranched alkanes of at least 4 members (excludes halogenated alkanes) is 2. The second kappa shape index (κ2) is 13.4. The first-order valence-corrected chi connectivity index (χ1v) is 8.65.